The molecule has 0 aromatic carbocycles. The molecule has 0 rings (SSSR count). The molecule has 14 heteroatoms. The summed E-state index contributed by atoms with van der Waals surface area (Å²) in [5, 5.41) is 115. The van der Waals surface area contributed by atoms with Crippen LogP contribution in [-0.2, 0) is 0 Å². The lowest BCUT2D eigenvalue weighted by atomic mass is 9.97. The molecule has 0 aliphatic carbocycles. The topological polar surface area (TPSA) is 267 Å². The standard InChI is InChI=1S/C11H26N2O6.C9H20O6/c14-4-10(5-15,6-16)12-2-1-3-13-11(7-17,8-18)9-19;1-2-3-5(11)7(13)9(15)8(14)6(12)4-10/h12-19H,1-9H2;5-15H,2-4H2,1H3. The molecule has 0 saturated heterocycles. The Balaban J connectivity index is 0. The zero-order chi connectivity index (χ0) is 26.8. The Kier molecular flexibility index (Phi) is 20.5. The van der Waals surface area contributed by atoms with Gasteiger partial charge in [-0.05, 0) is 25.9 Å². The van der Waals surface area contributed by atoms with E-state index < -0.39 is 48.2 Å². The number of hydrogen-bond donors (Lipinski definition) is 14. The minimum absolute atomic E-state index is 0.278. The van der Waals surface area contributed by atoms with Crippen molar-refractivity contribution in [1.29, 1.82) is 0 Å². The first-order chi connectivity index (χ1) is 16.0. The predicted octanol–water partition coefficient (Wildman–Crippen LogP) is -6.43. The molecule has 0 aliphatic heterocycles. The summed E-state index contributed by atoms with van der Waals surface area (Å²) in [5.41, 5.74) is -2.22. The van der Waals surface area contributed by atoms with E-state index >= 15 is 0 Å². The fraction of sp³-hybridized carbons (Fsp3) is 1.00. The van der Waals surface area contributed by atoms with Gasteiger partial charge in [-0.15, -0.1) is 0 Å². The van der Waals surface area contributed by atoms with E-state index in [1.165, 1.54) is 0 Å². The van der Waals surface area contributed by atoms with Crippen molar-refractivity contribution in [2.45, 2.75) is 67.8 Å². The first-order valence-electron chi connectivity index (χ1n) is 11.2. The van der Waals surface area contributed by atoms with E-state index in [1.54, 1.807) is 6.92 Å². The molecule has 34 heavy (non-hydrogen) atoms. The van der Waals surface area contributed by atoms with E-state index in [9.17, 15) is 20.4 Å². The maximum Gasteiger partial charge on any atom is 0.111 e. The number of rotatable bonds is 19. The van der Waals surface area contributed by atoms with Crippen LogP contribution in [0.25, 0.3) is 0 Å². The maximum absolute atomic E-state index is 9.38. The lowest BCUT2D eigenvalue weighted by molar-refractivity contribution is -0.141. The fourth-order valence-corrected chi connectivity index (χ4v) is 2.66. The minimum Gasteiger partial charge on any atom is -0.394 e. The van der Waals surface area contributed by atoms with Crippen molar-refractivity contribution in [3.63, 3.8) is 0 Å². The number of nitrogens with one attached hydrogen (secondary N) is 2. The largest absolute Gasteiger partial charge is 0.394 e. The Morgan fingerprint density at radius 3 is 1.21 bits per heavy atom. The molecule has 0 fully saturated rings. The molecule has 0 amide bonds. The van der Waals surface area contributed by atoms with E-state index in [4.69, 9.17) is 40.9 Å². The van der Waals surface area contributed by atoms with Gasteiger partial charge in [0.15, 0.2) is 0 Å². The molecule has 14 nitrogen and oxygen atoms in total. The zero-order valence-corrected chi connectivity index (χ0v) is 19.7. The SMILES string of the molecule is CCCC(O)C(O)C(O)C(O)C(O)CO.OCC(CO)(CO)NCCCNC(CO)(CO)CO. The molecule has 0 aliphatic rings. The van der Waals surface area contributed by atoms with Crippen molar-refractivity contribution in [2.75, 3.05) is 59.3 Å². The minimum atomic E-state index is -1.69. The van der Waals surface area contributed by atoms with Gasteiger partial charge in [0, 0.05) is 0 Å². The number of hydrogen-bond acceptors (Lipinski definition) is 14. The normalized spacial score (nSPS) is 16.9. The van der Waals surface area contributed by atoms with Gasteiger partial charge in [-0.2, -0.15) is 0 Å². The summed E-state index contributed by atoms with van der Waals surface area (Å²) in [5.74, 6) is 0. The molecule has 0 radical (unpaired) electrons. The van der Waals surface area contributed by atoms with Crippen LogP contribution < -0.4 is 10.6 Å². The van der Waals surface area contributed by atoms with E-state index in [-0.39, 0.29) is 46.1 Å². The van der Waals surface area contributed by atoms with Gasteiger partial charge in [-0.25, -0.2) is 0 Å². The van der Waals surface area contributed by atoms with Crippen LogP contribution in [0.1, 0.15) is 26.2 Å². The average Bonchev–Trinajstić information content (AvgIpc) is 2.88. The summed E-state index contributed by atoms with van der Waals surface area (Å²) in [4.78, 5) is 0. The van der Waals surface area contributed by atoms with Gasteiger partial charge in [0.2, 0.25) is 0 Å². The highest BCUT2D eigenvalue weighted by molar-refractivity contribution is 4.88. The van der Waals surface area contributed by atoms with Crippen LogP contribution >= 0.6 is 0 Å². The summed E-state index contributed by atoms with van der Waals surface area (Å²) >= 11 is 0. The monoisotopic (exact) mass is 506 g/mol. The van der Waals surface area contributed by atoms with Crippen molar-refractivity contribution >= 4 is 0 Å². The number of aliphatic hydroxyl groups is 12. The van der Waals surface area contributed by atoms with Crippen LogP contribution in [0.5, 0.6) is 0 Å². The molecule has 5 unspecified atom stereocenters. The second-order valence-electron chi connectivity index (χ2n) is 8.29. The fourth-order valence-electron chi connectivity index (χ4n) is 2.66. The molecule has 5 atom stereocenters. The summed E-state index contributed by atoms with van der Waals surface area (Å²) in [6.07, 6.45) is -6.16. The zero-order valence-electron chi connectivity index (χ0n) is 19.7. The van der Waals surface area contributed by atoms with Gasteiger partial charge in [0.05, 0.1) is 63.4 Å². The van der Waals surface area contributed by atoms with Gasteiger partial charge in [0.1, 0.15) is 24.4 Å². The molecule has 14 N–H and O–H groups in total. The molecule has 0 bridgehead atoms. The van der Waals surface area contributed by atoms with Crippen LogP contribution in [0.2, 0.25) is 0 Å². The smallest absolute Gasteiger partial charge is 0.111 e. The Bertz CT molecular complexity index is 430. The van der Waals surface area contributed by atoms with Crippen LogP contribution in [0.4, 0.5) is 0 Å². The van der Waals surface area contributed by atoms with Gasteiger partial charge >= 0.3 is 0 Å². The Morgan fingerprint density at radius 2 is 0.912 bits per heavy atom. The third-order valence-electron chi connectivity index (χ3n) is 5.43. The summed E-state index contributed by atoms with van der Waals surface area (Å²) in [6.45, 7) is -0.441. The molecule has 0 saturated carbocycles. The lowest BCUT2D eigenvalue weighted by Gasteiger charge is -2.30. The number of aliphatic hydroxyl groups excluding tert-OH is 12. The first kappa shape index (κ1) is 35.6. The Hall–Kier alpha value is -0.560. The second kappa shape index (κ2) is 19.6. The van der Waals surface area contributed by atoms with Gasteiger partial charge < -0.3 is 71.9 Å². The van der Waals surface area contributed by atoms with Crippen molar-refractivity contribution in [3.05, 3.63) is 0 Å². The van der Waals surface area contributed by atoms with E-state index in [0.717, 1.165) is 0 Å². The highest BCUT2D eigenvalue weighted by Gasteiger charge is 2.33. The van der Waals surface area contributed by atoms with Crippen molar-refractivity contribution in [2.24, 2.45) is 0 Å². The van der Waals surface area contributed by atoms with Gasteiger partial charge in [0.25, 0.3) is 0 Å². The molecular formula is C20H46N2O12. The highest BCUT2D eigenvalue weighted by atomic mass is 16.4. The molecule has 0 aromatic heterocycles. The lowest BCUT2D eigenvalue weighted by Crippen LogP contribution is -2.57. The van der Waals surface area contributed by atoms with Crippen LogP contribution in [0.3, 0.4) is 0 Å². The Labute approximate surface area is 199 Å². The quantitative estimate of drug-likeness (QED) is 0.0726. The van der Waals surface area contributed by atoms with Crippen LogP contribution in [0.15, 0.2) is 0 Å². The predicted molar refractivity (Wildman–Crippen MR) is 121 cm³/mol. The van der Waals surface area contributed by atoms with Crippen molar-refractivity contribution < 1.29 is 61.3 Å². The second-order valence-corrected chi connectivity index (χ2v) is 8.29. The van der Waals surface area contributed by atoms with Crippen molar-refractivity contribution in [1.82, 2.24) is 10.6 Å². The summed E-state index contributed by atoms with van der Waals surface area (Å²) in [7, 11) is 0. The third kappa shape index (κ3) is 12.4. The Morgan fingerprint density at radius 1 is 0.559 bits per heavy atom. The van der Waals surface area contributed by atoms with Gasteiger partial charge in [-0.3, -0.25) is 0 Å². The molecule has 0 heterocycles. The highest BCUT2D eigenvalue weighted by Crippen LogP contribution is 2.11. The molecular weight excluding hydrogens is 460 g/mol. The molecule has 208 valence electrons. The van der Waals surface area contributed by atoms with E-state index in [2.05, 4.69) is 10.6 Å². The van der Waals surface area contributed by atoms with Crippen LogP contribution in [-0.4, -0.2) is 162 Å². The van der Waals surface area contributed by atoms with E-state index in [1.807, 2.05) is 0 Å². The molecule has 0 aromatic rings. The first-order valence-corrected chi connectivity index (χ1v) is 11.2. The van der Waals surface area contributed by atoms with E-state index in [0.29, 0.717) is 25.9 Å². The summed E-state index contributed by atoms with van der Waals surface area (Å²) in [6, 6.07) is 0. The maximum atomic E-state index is 9.38. The molecule has 0 spiro atoms. The van der Waals surface area contributed by atoms with Crippen molar-refractivity contribution in [3.8, 4) is 0 Å². The van der Waals surface area contributed by atoms with Gasteiger partial charge in [-0.1, -0.05) is 13.3 Å². The van der Waals surface area contributed by atoms with Crippen LogP contribution in [0, 0.1) is 0 Å². The third-order valence-corrected chi connectivity index (χ3v) is 5.43. The average molecular weight is 507 g/mol. The summed E-state index contributed by atoms with van der Waals surface area (Å²) < 4.78 is 0.